The summed E-state index contributed by atoms with van der Waals surface area (Å²) in [6.45, 7) is 0.704. The zero-order valence-electron chi connectivity index (χ0n) is 12.3. The zero-order valence-corrected chi connectivity index (χ0v) is 12.3. The number of para-hydroxylation sites is 1. The lowest BCUT2D eigenvalue weighted by molar-refractivity contribution is 0.185. The summed E-state index contributed by atoms with van der Waals surface area (Å²) in [6.07, 6.45) is 7.37. The molecule has 3 aliphatic carbocycles. The summed E-state index contributed by atoms with van der Waals surface area (Å²) in [5, 5.41) is 3.86. The van der Waals surface area contributed by atoms with Crippen LogP contribution in [0.3, 0.4) is 0 Å². The first-order valence-electron chi connectivity index (χ1n) is 8.20. The van der Waals surface area contributed by atoms with E-state index in [4.69, 9.17) is 4.74 Å². The predicted molar refractivity (Wildman–Crippen MR) is 81.6 cm³/mol. The summed E-state index contributed by atoms with van der Waals surface area (Å²) in [5.74, 6) is 4.05. The van der Waals surface area contributed by atoms with Gasteiger partial charge in [-0.25, -0.2) is 0 Å². The second-order valence-electron chi connectivity index (χ2n) is 6.99. The molecule has 0 heterocycles. The van der Waals surface area contributed by atoms with Crippen molar-refractivity contribution in [3.05, 3.63) is 29.8 Å². The summed E-state index contributed by atoms with van der Waals surface area (Å²) in [7, 11) is 1.78. The van der Waals surface area contributed by atoms with Gasteiger partial charge in [0.15, 0.2) is 0 Å². The van der Waals surface area contributed by atoms with E-state index < -0.39 is 0 Å². The molecule has 2 heteroatoms. The quantitative estimate of drug-likeness (QED) is 0.891. The maximum atomic E-state index is 5.32. The van der Waals surface area contributed by atoms with Crippen molar-refractivity contribution in [3.8, 4) is 0 Å². The van der Waals surface area contributed by atoms with E-state index in [1.165, 1.54) is 43.4 Å². The van der Waals surface area contributed by atoms with Crippen LogP contribution in [0.4, 0.5) is 5.69 Å². The van der Waals surface area contributed by atoms with Crippen LogP contribution in [0.2, 0.25) is 0 Å². The fourth-order valence-corrected chi connectivity index (χ4v) is 5.38. The van der Waals surface area contributed by atoms with Crippen LogP contribution in [0.1, 0.15) is 37.7 Å². The van der Waals surface area contributed by atoms with Gasteiger partial charge in [0.25, 0.3) is 0 Å². The summed E-state index contributed by atoms with van der Waals surface area (Å²) in [5.41, 5.74) is 2.59. The highest BCUT2D eigenvalue weighted by molar-refractivity contribution is 5.52. The lowest BCUT2D eigenvalue weighted by Gasteiger charge is -2.33. The largest absolute Gasteiger partial charge is 0.382 e. The van der Waals surface area contributed by atoms with E-state index in [9.17, 15) is 0 Å². The first-order chi connectivity index (χ1) is 9.86. The van der Waals surface area contributed by atoms with Crippen molar-refractivity contribution in [3.63, 3.8) is 0 Å². The van der Waals surface area contributed by atoms with Crippen LogP contribution >= 0.6 is 0 Å². The number of methoxy groups -OCH3 is 1. The van der Waals surface area contributed by atoms with Crippen molar-refractivity contribution in [2.75, 3.05) is 12.4 Å². The topological polar surface area (TPSA) is 21.3 Å². The molecule has 1 aromatic rings. The van der Waals surface area contributed by atoms with Crippen LogP contribution in [-0.2, 0) is 11.3 Å². The summed E-state index contributed by atoms with van der Waals surface area (Å²) in [4.78, 5) is 0. The second-order valence-corrected chi connectivity index (χ2v) is 6.99. The molecule has 20 heavy (non-hydrogen) atoms. The molecule has 0 radical (unpaired) electrons. The molecule has 3 fully saturated rings. The molecule has 5 unspecified atom stereocenters. The monoisotopic (exact) mass is 271 g/mol. The molecule has 3 aliphatic rings. The molecule has 2 nitrogen and oxygen atoms in total. The molecule has 0 saturated heterocycles. The Hall–Kier alpha value is -1.02. The Morgan fingerprint density at radius 3 is 2.85 bits per heavy atom. The van der Waals surface area contributed by atoms with Gasteiger partial charge < -0.3 is 10.1 Å². The van der Waals surface area contributed by atoms with Crippen LogP contribution < -0.4 is 5.32 Å². The van der Waals surface area contributed by atoms with Crippen LogP contribution in [0, 0.1) is 23.7 Å². The Morgan fingerprint density at radius 1 is 1.10 bits per heavy atom. The van der Waals surface area contributed by atoms with Gasteiger partial charge in [-0.15, -0.1) is 0 Å². The van der Waals surface area contributed by atoms with Gasteiger partial charge in [-0.3, -0.25) is 0 Å². The van der Waals surface area contributed by atoms with Crippen molar-refractivity contribution >= 4 is 5.69 Å². The Balaban J connectivity index is 1.51. The average molecular weight is 271 g/mol. The van der Waals surface area contributed by atoms with E-state index in [0.717, 1.165) is 23.7 Å². The Morgan fingerprint density at radius 2 is 1.95 bits per heavy atom. The first-order valence-corrected chi connectivity index (χ1v) is 8.20. The van der Waals surface area contributed by atoms with Gasteiger partial charge in [-0.1, -0.05) is 24.6 Å². The molecule has 5 atom stereocenters. The highest BCUT2D eigenvalue weighted by Gasteiger charge is 2.53. The highest BCUT2D eigenvalue weighted by atomic mass is 16.5. The van der Waals surface area contributed by atoms with Gasteiger partial charge in [-0.2, -0.15) is 0 Å². The van der Waals surface area contributed by atoms with Gasteiger partial charge in [0, 0.05) is 24.4 Å². The first kappa shape index (κ1) is 12.7. The minimum atomic E-state index is 0.704. The molecule has 0 spiro atoms. The fraction of sp³-hybridized carbons (Fsp3) is 0.667. The molecule has 2 bridgehead atoms. The number of ether oxygens (including phenoxy) is 1. The van der Waals surface area contributed by atoms with Gasteiger partial charge >= 0.3 is 0 Å². The van der Waals surface area contributed by atoms with Gasteiger partial charge in [0.2, 0.25) is 0 Å². The maximum Gasteiger partial charge on any atom is 0.0733 e. The lowest BCUT2D eigenvalue weighted by atomic mass is 9.79. The smallest absolute Gasteiger partial charge is 0.0733 e. The minimum Gasteiger partial charge on any atom is -0.382 e. The summed E-state index contributed by atoms with van der Waals surface area (Å²) < 4.78 is 5.32. The molecular formula is C18H25NO. The molecule has 3 saturated carbocycles. The van der Waals surface area contributed by atoms with Gasteiger partial charge in [0.05, 0.1) is 6.61 Å². The van der Waals surface area contributed by atoms with Crippen LogP contribution in [0.25, 0.3) is 0 Å². The van der Waals surface area contributed by atoms with Crippen molar-refractivity contribution < 1.29 is 4.74 Å². The Kier molecular flexibility index (Phi) is 3.22. The third kappa shape index (κ3) is 1.96. The van der Waals surface area contributed by atoms with E-state index in [1.54, 1.807) is 7.11 Å². The molecule has 0 aromatic heterocycles. The molecule has 0 amide bonds. The summed E-state index contributed by atoms with van der Waals surface area (Å²) >= 11 is 0. The fourth-order valence-electron chi connectivity index (χ4n) is 5.38. The van der Waals surface area contributed by atoms with Crippen LogP contribution in [0.15, 0.2) is 24.3 Å². The number of fused-ring (bicyclic) bond motifs is 5. The highest BCUT2D eigenvalue weighted by Crippen LogP contribution is 2.59. The number of hydrogen-bond acceptors (Lipinski definition) is 2. The summed E-state index contributed by atoms with van der Waals surface area (Å²) in [6, 6.07) is 9.34. The standard InChI is InChI=1S/C18H25NO/c1-20-11-12-5-2-3-8-17(12)19-18-10-13-9-16(18)15-7-4-6-14(13)15/h2-3,5,8,13-16,18-19H,4,6-7,9-11H2,1H3. The molecule has 108 valence electrons. The zero-order chi connectivity index (χ0) is 13.5. The molecule has 4 rings (SSSR count). The third-order valence-corrected chi connectivity index (χ3v) is 6.09. The van der Waals surface area contributed by atoms with Crippen LogP contribution in [0.5, 0.6) is 0 Å². The van der Waals surface area contributed by atoms with E-state index in [-0.39, 0.29) is 0 Å². The maximum absolute atomic E-state index is 5.32. The average Bonchev–Trinajstić information content (AvgIpc) is 3.13. The van der Waals surface area contributed by atoms with Crippen molar-refractivity contribution in [2.45, 2.75) is 44.8 Å². The number of nitrogens with one attached hydrogen (secondary N) is 1. The van der Waals surface area contributed by atoms with Gasteiger partial charge in [-0.05, 0) is 55.4 Å². The van der Waals surface area contributed by atoms with Crippen molar-refractivity contribution in [2.24, 2.45) is 23.7 Å². The van der Waals surface area contributed by atoms with Crippen molar-refractivity contribution in [1.29, 1.82) is 0 Å². The minimum absolute atomic E-state index is 0.704. The predicted octanol–water partition coefficient (Wildman–Crippen LogP) is 4.07. The van der Waals surface area contributed by atoms with E-state index >= 15 is 0 Å². The van der Waals surface area contributed by atoms with Crippen LogP contribution in [-0.4, -0.2) is 13.2 Å². The molecule has 0 aliphatic heterocycles. The van der Waals surface area contributed by atoms with Crippen molar-refractivity contribution in [1.82, 2.24) is 0 Å². The van der Waals surface area contributed by atoms with E-state index in [2.05, 4.69) is 29.6 Å². The number of benzene rings is 1. The van der Waals surface area contributed by atoms with E-state index in [1.807, 2.05) is 0 Å². The number of anilines is 1. The number of hydrogen-bond donors (Lipinski definition) is 1. The molecular weight excluding hydrogens is 246 g/mol. The third-order valence-electron chi connectivity index (χ3n) is 6.09. The molecule has 1 aromatic carbocycles. The number of rotatable bonds is 4. The lowest BCUT2D eigenvalue weighted by Crippen LogP contribution is -2.34. The second kappa shape index (κ2) is 5.07. The molecule has 1 N–H and O–H groups in total. The normalized spacial score (nSPS) is 38.1. The Labute approximate surface area is 121 Å². The SMILES string of the molecule is COCc1ccccc1NC1CC2CC1C1CCCC21. The van der Waals surface area contributed by atoms with Gasteiger partial charge in [0.1, 0.15) is 0 Å². The Bertz CT molecular complexity index is 486. The van der Waals surface area contributed by atoms with E-state index in [0.29, 0.717) is 12.6 Å².